The number of aryl methyl sites for hydroxylation is 1. The van der Waals surface area contributed by atoms with Gasteiger partial charge in [0.05, 0.1) is 0 Å². The maximum absolute atomic E-state index is 13.0. The second kappa shape index (κ2) is 5.61. The summed E-state index contributed by atoms with van der Waals surface area (Å²) in [7, 11) is 0. The SMILES string of the molecule is Cc1cc(F)ccc1CN1CCC(CCO)C1. The van der Waals surface area contributed by atoms with E-state index < -0.39 is 0 Å². The minimum Gasteiger partial charge on any atom is -0.396 e. The molecular formula is C14H20FNO. The van der Waals surface area contributed by atoms with Crippen LogP contribution in [0.15, 0.2) is 18.2 Å². The Balaban J connectivity index is 1.93. The number of likely N-dealkylation sites (tertiary alicyclic amines) is 1. The Morgan fingerprint density at radius 2 is 2.29 bits per heavy atom. The average molecular weight is 237 g/mol. The molecule has 0 spiro atoms. The van der Waals surface area contributed by atoms with Gasteiger partial charge in [-0.2, -0.15) is 0 Å². The van der Waals surface area contributed by atoms with Gasteiger partial charge < -0.3 is 5.11 Å². The Labute approximate surface area is 102 Å². The van der Waals surface area contributed by atoms with Crippen molar-refractivity contribution in [3.8, 4) is 0 Å². The van der Waals surface area contributed by atoms with E-state index in [1.54, 1.807) is 6.07 Å². The summed E-state index contributed by atoms with van der Waals surface area (Å²) >= 11 is 0. The van der Waals surface area contributed by atoms with E-state index in [9.17, 15) is 4.39 Å². The summed E-state index contributed by atoms with van der Waals surface area (Å²) in [6.07, 6.45) is 2.07. The van der Waals surface area contributed by atoms with Crippen molar-refractivity contribution in [1.82, 2.24) is 4.90 Å². The van der Waals surface area contributed by atoms with Crippen LogP contribution in [0.2, 0.25) is 0 Å². The first kappa shape index (κ1) is 12.5. The third kappa shape index (κ3) is 3.27. The molecule has 94 valence electrons. The molecule has 0 bridgehead atoms. The third-order valence-corrected chi connectivity index (χ3v) is 3.61. The molecule has 2 rings (SSSR count). The van der Waals surface area contributed by atoms with Gasteiger partial charge in [0.25, 0.3) is 0 Å². The first-order valence-corrected chi connectivity index (χ1v) is 6.27. The fraction of sp³-hybridized carbons (Fsp3) is 0.571. The van der Waals surface area contributed by atoms with E-state index in [2.05, 4.69) is 4.90 Å². The van der Waals surface area contributed by atoms with Crippen molar-refractivity contribution in [2.45, 2.75) is 26.3 Å². The minimum atomic E-state index is -0.161. The van der Waals surface area contributed by atoms with Gasteiger partial charge in [0.1, 0.15) is 5.82 Å². The van der Waals surface area contributed by atoms with Crippen molar-refractivity contribution in [2.75, 3.05) is 19.7 Å². The smallest absolute Gasteiger partial charge is 0.123 e. The average Bonchev–Trinajstić information content (AvgIpc) is 2.71. The second-order valence-electron chi connectivity index (χ2n) is 4.97. The van der Waals surface area contributed by atoms with Gasteiger partial charge in [-0.3, -0.25) is 4.90 Å². The van der Waals surface area contributed by atoms with Crippen LogP contribution < -0.4 is 0 Å². The molecule has 1 aliphatic heterocycles. The topological polar surface area (TPSA) is 23.5 Å². The normalized spacial score (nSPS) is 21.0. The van der Waals surface area contributed by atoms with Crippen molar-refractivity contribution in [1.29, 1.82) is 0 Å². The monoisotopic (exact) mass is 237 g/mol. The van der Waals surface area contributed by atoms with E-state index in [0.717, 1.165) is 31.6 Å². The molecule has 1 aromatic carbocycles. The molecule has 2 nitrogen and oxygen atoms in total. The van der Waals surface area contributed by atoms with Crippen molar-refractivity contribution >= 4 is 0 Å². The first-order valence-electron chi connectivity index (χ1n) is 6.27. The fourth-order valence-electron chi connectivity index (χ4n) is 2.55. The van der Waals surface area contributed by atoms with Gasteiger partial charge in [0, 0.05) is 19.7 Å². The van der Waals surface area contributed by atoms with E-state index in [1.807, 2.05) is 13.0 Å². The molecule has 1 aliphatic rings. The van der Waals surface area contributed by atoms with Crippen LogP contribution in [0.4, 0.5) is 4.39 Å². The van der Waals surface area contributed by atoms with Gasteiger partial charge in [-0.1, -0.05) is 6.07 Å². The molecule has 1 N–H and O–H groups in total. The number of nitrogens with zero attached hydrogens (tertiary/aromatic N) is 1. The second-order valence-corrected chi connectivity index (χ2v) is 4.97. The van der Waals surface area contributed by atoms with Gasteiger partial charge in [0.2, 0.25) is 0 Å². The van der Waals surface area contributed by atoms with Crippen LogP contribution in [0, 0.1) is 18.7 Å². The highest BCUT2D eigenvalue weighted by Crippen LogP contribution is 2.22. The number of aliphatic hydroxyl groups excluding tert-OH is 1. The summed E-state index contributed by atoms with van der Waals surface area (Å²) < 4.78 is 13.0. The van der Waals surface area contributed by atoms with E-state index >= 15 is 0 Å². The Kier molecular flexibility index (Phi) is 4.13. The fourth-order valence-corrected chi connectivity index (χ4v) is 2.55. The molecule has 1 fully saturated rings. The molecule has 0 aromatic heterocycles. The molecule has 1 atom stereocenters. The lowest BCUT2D eigenvalue weighted by Crippen LogP contribution is -2.20. The minimum absolute atomic E-state index is 0.161. The molecule has 0 radical (unpaired) electrons. The van der Waals surface area contributed by atoms with Crippen molar-refractivity contribution < 1.29 is 9.50 Å². The molecule has 17 heavy (non-hydrogen) atoms. The van der Waals surface area contributed by atoms with Crippen molar-refractivity contribution in [2.24, 2.45) is 5.92 Å². The zero-order valence-corrected chi connectivity index (χ0v) is 10.3. The zero-order chi connectivity index (χ0) is 12.3. The maximum atomic E-state index is 13.0. The molecule has 0 saturated carbocycles. The number of halogens is 1. The van der Waals surface area contributed by atoms with Gasteiger partial charge in [0.15, 0.2) is 0 Å². The lowest BCUT2D eigenvalue weighted by atomic mass is 10.1. The molecule has 1 heterocycles. The molecule has 1 aromatic rings. The largest absolute Gasteiger partial charge is 0.396 e. The van der Waals surface area contributed by atoms with Crippen LogP contribution in [0.3, 0.4) is 0 Å². The quantitative estimate of drug-likeness (QED) is 0.869. The van der Waals surface area contributed by atoms with E-state index in [1.165, 1.54) is 18.1 Å². The Morgan fingerprint density at radius 1 is 1.47 bits per heavy atom. The number of hydrogen-bond acceptors (Lipinski definition) is 2. The summed E-state index contributed by atoms with van der Waals surface area (Å²) in [5.41, 5.74) is 2.23. The standard InChI is InChI=1S/C14H20FNO/c1-11-8-14(15)3-2-13(11)10-16-6-4-12(9-16)5-7-17/h2-3,8,12,17H,4-7,9-10H2,1H3. The molecule has 1 unspecified atom stereocenters. The van der Waals surface area contributed by atoms with Crippen LogP contribution in [0.25, 0.3) is 0 Å². The molecule has 0 aliphatic carbocycles. The highest BCUT2D eigenvalue weighted by atomic mass is 19.1. The Morgan fingerprint density at radius 3 is 3.00 bits per heavy atom. The maximum Gasteiger partial charge on any atom is 0.123 e. The molecule has 3 heteroatoms. The zero-order valence-electron chi connectivity index (χ0n) is 10.3. The van der Waals surface area contributed by atoms with Crippen LogP contribution in [-0.4, -0.2) is 29.7 Å². The van der Waals surface area contributed by atoms with Crippen molar-refractivity contribution in [3.63, 3.8) is 0 Å². The summed E-state index contributed by atoms with van der Waals surface area (Å²) in [5, 5.41) is 8.92. The van der Waals surface area contributed by atoms with Crippen LogP contribution in [0.5, 0.6) is 0 Å². The van der Waals surface area contributed by atoms with E-state index in [-0.39, 0.29) is 12.4 Å². The number of aliphatic hydroxyl groups is 1. The van der Waals surface area contributed by atoms with Crippen LogP contribution >= 0.6 is 0 Å². The van der Waals surface area contributed by atoms with E-state index in [0.29, 0.717) is 5.92 Å². The first-order chi connectivity index (χ1) is 8.19. The van der Waals surface area contributed by atoms with Crippen LogP contribution in [0.1, 0.15) is 24.0 Å². The lowest BCUT2D eigenvalue weighted by molar-refractivity contribution is 0.249. The Hall–Kier alpha value is -0.930. The van der Waals surface area contributed by atoms with Crippen LogP contribution in [-0.2, 0) is 6.54 Å². The number of rotatable bonds is 4. The van der Waals surface area contributed by atoms with Crippen molar-refractivity contribution in [3.05, 3.63) is 35.1 Å². The predicted molar refractivity (Wildman–Crippen MR) is 66.2 cm³/mol. The van der Waals surface area contributed by atoms with Gasteiger partial charge in [-0.05, 0) is 55.5 Å². The van der Waals surface area contributed by atoms with E-state index in [4.69, 9.17) is 5.11 Å². The molecular weight excluding hydrogens is 217 g/mol. The number of hydrogen-bond donors (Lipinski definition) is 1. The van der Waals surface area contributed by atoms with Gasteiger partial charge >= 0.3 is 0 Å². The molecule has 1 saturated heterocycles. The Bertz CT molecular complexity index is 380. The third-order valence-electron chi connectivity index (χ3n) is 3.61. The summed E-state index contributed by atoms with van der Waals surface area (Å²) in [4.78, 5) is 2.39. The highest BCUT2D eigenvalue weighted by molar-refractivity contribution is 5.26. The summed E-state index contributed by atoms with van der Waals surface area (Å²) in [6.45, 7) is 5.28. The van der Waals surface area contributed by atoms with Gasteiger partial charge in [-0.15, -0.1) is 0 Å². The predicted octanol–water partition coefficient (Wildman–Crippen LogP) is 2.34. The summed E-state index contributed by atoms with van der Waals surface area (Å²) in [6, 6.07) is 5.00. The molecule has 0 amide bonds. The summed E-state index contributed by atoms with van der Waals surface area (Å²) in [5.74, 6) is 0.464. The number of benzene rings is 1. The lowest BCUT2D eigenvalue weighted by Gasteiger charge is -2.17. The highest BCUT2D eigenvalue weighted by Gasteiger charge is 2.22. The van der Waals surface area contributed by atoms with Gasteiger partial charge in [-0.25, -0.2) is 4.39 Å².